The summed E-state index contributed by atoms with van der Waals surface area (Å²) in [6, 6.07) is 9.18. The summed E-state index contributed by atoms with van der Waals surface area (Å²) >= 11 is 3.49. The van der Waals surface area contributed by atoms with Crippen LogP contribution in [0.4, 0.5) is 0 Å². The van der Waals surface area contributed by atoms with Crippen molar-refractivity contribution in [2.75, 3.05) is 6.54 Å². The first-order valence-electron chi connectivity index (χ1n) is 7.83. The molecule has 0 aromatic heterocycles. The summed E-state index contributed by atoms with van der Waals surface area (Å²) in [5.41, 5.74) is 1.39. The molecule has 2 atom stereocenters. The van der Waals surface area contributed by atoms with Gasteiger partial charge in [0.1, 0.15) is 0 Å². The van der Waals surface area contributed by atoms with Crippen molar-refractivity contribution in [2.45, 2.75) is 63.9 Å². The van der Waals surface area contributed by atoms with Gasteiger partial charge in [-0.3, -0.25) is 0 Å². The number of nitrogens with one attached hydrogen (secondary N) is 1. The quantitative estimate of drug-likeness (QED) is 0.773. The molecule has 0 amide bonds. The van der Waals surface area contributed by atoms with Crippen LogP contribution in [0.5, 0.6) is 0 Å². The Kier molecular flexibility index (Phi) is 5.34. The van der Waals surface area contributed by atoms with Gasteiger partial charge in [0.2, 0.25) is 0 Å². The minimum absolute atomic E-state index is 0.288. The van der Waals surface area contributed by atoms with E-state index in [0.717, 1.165) is 23.9 Å². The van der Waals surface area contributed by atoms with Crippen molar-refractivity contribution in [3.8, 4) is 0 Å². The molecule has 118 valence electrons. The van der Waals surface area contributed by atoms with Crippen LogP contribution >= 0.6 is 15.9 Å². The molecule has 0 aliphatic carbocycles. The third kappa shape index (κ3) is 4.65. The monoisotopic (exact) mass is 369 g/mol. The average molecular weight is 370 g/mol. The molecule has 1 aromatic carbocycles. The van der Waals surface area contributed by atoms with E-state index in [-0.39, 0.29) is 5.04 Å². The number of hydrogen-bond donors (Lipinski definition) is 1. The fraction of sp³-hybridized carbons (Fsp3) is 0.647. The van der Waals surface area contributed by atoms with Gasteiger partial charge in [0.15, 0.2) is 8.32 Å². The Morgan fingerprint density at radius 1 is 1.24 bits per heavy atom. The van der Waals surface area contributed by atoms with Crippen LogP contribution in [0.3, 0.4) is 0 Å². The van der Waals surface area contributed by atoms with Gasteiger partial charge in [-0.2, -0.15) is 0 Å². The average Bonchev–Trinajstić information content (AvgIpc) is 2.77. The summed E-state index contributed by atoms with van der Waals surface area (Å²) in [6.07, 6.45) is 2.60. The minimum Gasteiger partial charge on any atom is -0.413 e. The summed E-state index contributed by atoms with van der Waals surface area (Å²) in [4.78, 5) is 0. The molecule has 1 fully saturated rings. The van der Waals surface area contributed by atoms with Gasteiger partial charge in [0.05, 0.1) is 6.10 Å². The maximum Gasteiger partial charge on any atom is 0.192 e. The van der Waals surface area contributed by atoms with Crippen molar-refractivity contribution in [1.29, 1.82) is 0 Å². The first kappa shape index (κ1) is 17.2. The van der Waals surface area contributed by atoms with Crippen LogP contribution in [-0.2, 0) is 10.8 Å². The second-order valence-electron chi connectivity index (χ2n) is 7.67. The van der Waals surface area contributed by atoms with Gasteiger partial charge in [-0.1, -0.05) is 48.8 Å². The van der Waals surface area contributed by atoms with Crippen LogP contribution in [-0.4, -0.2) is 27.0 Å². The van der Waals surface area contributed by atoms with E-state index in [1.807, 2.05) is 0 Å². The van der Waals surface area contributed by atoms with Crippen LogP contribution < -0.4 is 5.32 Å². The molecule has 4 heteroatoms. The number of benzene rings is 1. The summed E-state index contributed by atoms with van der Waals surface area (Å²) in [5, 5.41) is 3.92. The van der Waals surface area contributed by atoms with Gasteiger partial charge < -0.3 is 9.74 Å². The Balaban J connectivity index is 1.88. The second-order valence-corrected chi connectivity index (χ2v) is 13.3. The molecular formula is C17H28BrNOSi. The fourth-order valence-corrected chi connectivity index (χ4v) is 4.16. The lowest BCUT2D eigenvalue weighted by molar-refractivity contribution is 0.197. The van der Waals surface area contributed by atoms with E-state index < -0.39 is 8.32 Å². The summed E-state index contributed by atoms with van der Waals surface area (Å²) in [5.74, 6) is 0. The highest BCUT2D eigenvalue weighted by atomic mass is 79.9. The molecule has 0 spiro atoms. The van der Waals surface area contributed by atoms with Crippen LogP contribution in [0.2, 0.25) is 18.1 Å². The lowest BCUT2D eigenvalue weighted by Crippen LogP contribution is -2.44. The molecule has 1 N–H and O–H groups in total. The standard InChI is InChI=1S/C17H28BrNOSi/c1-17(2,3)21(4,5)20-16-11-15(19-12-16)10-13-6-8-14(18)9-7-13/h6-9,15-16,19H,10-12H2,1-5H3/t15-,16-/m1/s1. The summed E-state index contributed by atoms with van der Waals surface area (Å²) < 4.78 is 7.66. The first-order chi connectivity index (χ1) is 9.67. The molecule has 1 aliphatic heterocycles. The highest BCUT2D eigenvalue weighted by Crippen LogP contribution is 2.38. The Morgan fingerprint density at radius 3 is 2.43 bits per heavy atom. The van der Waals surface area contributed by atoms with Crippen LogP contribution in [0, 0.1) is 0 Å². The van der Waals surface area contributed by atoms with Gasteiger partial charge in [-0.05, 0) is 48.7 Å². The molecule has 1 saturated heterocycles. The number of halogens is 1. The molecule has 2 rings (SSSR count). The van der Waals surface area contributed by atoms with Crippen LogP contribution in [0.1, 0.15) is 32.8 Å². The smallest absolute Gasteiger partial charge is 0.192 e. The number of rotatable bonds is 4. The van der Waals surface area contributed by atoms with E-state index in [9.17, 15) is 0 Å². The topological polar surface area (TPSA) is 21.3 Å². The molecule has 0 radical (unpaired) electrons. The van der Waals surface area contributed by atoms with Crippen molar-refractivity contribution in [2.24, 2.45) is 0 Å². The maximum absolute atomic E-state index is 6.52. The third-order valence-corrected chi connectivity index (χ3v) is 9.91. The highest BCUT2D eigenvalue weighted by molar-refractivity contribution is 9.10. The zero-order valence-electron chi connectivity index (χ0n) is 13.9. The summed E-state index contributed by atoms with van der Waals surface area (Å²) in [7, 11) is -1.65. The maximum atomic E-state index is 6.52. The van der Waals surface area contributed by atoms with Crippen molar-refractivity contribution in [3.05, 3.63) is 34.3 Å². The van der Waals surface area contributed by atoms with Gasteiger partial charge in [-0.15, -0.1) is 0 Å². The molecule has 0 unspecified atom stereocenters. The molecule has 1 aromatic rings. The van der Waals surface area contributed by atoms with E-state index in [1.165, 1.54) is 5.56 Å². The minimum atomic E-state index is -1.65. The molecule has 2 nitrogen and oxygen atoms in total. The zero-order valence-corrected chi connectivity index (χ0v) is 16.5. The molecule has 0 saturated carbocycles. The predicted octanol–water partition coefficient (Wildman–Crippen LogP) is 4.74. The van der Waals surface area contributed by atoms with E-state index in [0.29, 0.717) is 12.1 Å². The van der Waals surface area contributed by atoms with E-state index in [4.69, 9.17) is 4.43 Å². The third-order valence-electron chi connectivity index (χ3n) is 4.84. The Hall–Kier alpha value is -0.163. The molecule has 1 aliphatic rings. The lowest BCUT2D eigenvalue weighted by atomic mass is 10.0. The highest BCUT2D eigenvalue weighted by Gasteiger charge is 2.40. The molecule has 0 bridgehead atoms. The Morgan fingerprint density at radius 2 is 1.86 bits per heavy atom. The van der Waals surface area contributed by atoms with Crippen molar-refractivity contribution in [3.63, 3.8) is 0 Å². The van der Waals surface area contributed by atoms with E-state index in [1.54, 1.807) is 0 Å². The van der Waals surface area contributed by atoms with Crippen molar-refractivity contribution >= 4 is 24.2 Å². The Labute approximate surface area is 138 Å². The molecule has 21 heavy (non-hydrogen) atoms. The van der Waals surface area contributed by atoms with E-state index in [2.05, 4.69) is 79.4 Å². The lowest BCUT2D eigenvalue weighted by Gasteiger charge is -2.38. The van der Waals surface area contributed by atoms with Gasteiger partial charge >= 0.3 is 0 Å². The Bertz CT molecular complexity index is 467. The SMILES string of the molecule is CC(C)(C)[Si](C)(C)O[C@H]1CN[C@H](Cc2ccc(Br)cc2)C1. The van der Waals surface area contributed by atoms with Crippen LogP contribution in [0.15, 0.2) is 28.7 Å². The van der Waals surface area contributed by atoms with Gasteiger partial charge in [0.25, 0.3) is 0 Å². The molecular weight excluding hydrogens is 342 g/mol. The van der Waals surface area contributed by atoms with Crippen molar-refractivity contribution in [1.82, 2.24) is 5.32 Å². The van der Waals surface area contributed by atoms with E-state index >= 15 is 0 Å². The number of hydrogen-bond acceptors (Lipinski definition) is 2. The zero-order chi connectivity index (χ0) is 15.7. The first-order valence-corrected chi connectivity index (χ1v) is 11.5. The fourth-order valence-electron chi connectivity index (χ4n) is 2.53. The largest absolute Gasteiger partial charge is 0.413 e. The van der Waals surface area contributed by atoms with Crippen LogP contribution in [0.25, 0.3) is 0 Å². The predicted molar refractivity (Wildman–Crippen MR) is 96.3 cm³/mol. The normalized spacial score (nSPS) is 23.5. The van der Waals surface area contributed by atoms with Gasteiger partial charge in [-0.25, -0.2) is 0 Å². The van der Waals surface area contributed by atoms with Crippen molar-refractivity contribution < 1.29 is 4.43 Å². The summed E-state index contributed by atoms with van der Waals surface area (Å²) in [6.45, 7) is 12.6. The molecule has 1 heterocycles. The van der Waals surface area contributed by atoms with Gasteiger partial charge in [0, 0.05) is 17.1 Å². The second kappa shape index (κ2) is 6.53.